The molecule has 24 heavy (non-hydrogen) atoms. The summed E-state index contributed by atoms with van der Waals surface area (Å²) < 4.78 is 11.0. The average Bonchev–Trinajstić information content (AvgIpc) is 2.96. The molecule has 0 aromatic heterocycles. The molecule has 5 rings (SSSR count). The molecule has 4 aliphatic carbocycles. The Balaban J connectivity index is 0.00000169. The van der Waals surface area contributed by atoms with Crippen molar-refractivity contribution in [2.75, 3.05) is 20.2 Å². The van der Waals surface area contributed by atoms with Gasteiger partial charge < -0.3 is 20.1 Å². The third-order valence-corrected chi connectivity index (χ3v) is 6.52. The van der Waals surface area contributed by atoms with Gasteiger partial charge in [-0.2, -0.15) is 0 Å². The van der Waals surface area contributed by atoms with Gasteiger partial charge in [0.25, 0.3) is 0 Å². The fourth-order valence-corrected chi connectivity index (χ4v) is 5.78. The summed E-state index contributed by atoms with van der Waals surface area (Å²) in [5.74, 6) is 1.13. The van der Waals surface area contributed by atoms with Gasteiger partial charge in [-0.05, 0) is 56.3 Å². The Morgan fingerprint density at radius 2 is 1.83 bits per heavy atom. The minimum absolute atomic E-state index is 0. The zero-order chi connectivity index (χ0) is 16.2. The molecule has 3 unspecified atom stereocenters. The van der Waals surface area contributed by atoms with E-state index in [4.69, 9.17) is 15.2 Å². The first-order valence-electron chi connectivity index (χ1n) is 8.80. The summed E-state index contributed by atoms with van der Waals surface area (Å²) in [6.45, 7) is 1.28. The number of carbonyl (C=O) groups is 2. The second-order valence-electron chi connectivity index (χ2n) is 8.09. The SMILES string of the molecule is COC(=O)C12CC3CC(C1)C(OC(=O)N1CCC(N)C1)C(C3)C2.Cl. The highest BCUT2D eigenvalue weighted by atomic mass is 35.5. The lowest BCUT2D eigenvalue weighted by Crippen LogP contribution is -2.58. The topological polar surface area (TPSA) is 81.9 Å². The van der Waals surface area contributed by atoms with Crippen molar-refractivity contribution in [2.24, 2.45) is 28.9 Å². The van der Waals surface area contributed by atoms with Crippen LogP contribution >= 0.6 is 12.4 Å². The summed E-state index contributed by atoms with van der Waals surface area (Å²) in [4.78, 5) is 26.4. The number of carbonyl (C=O) groups excluding carboxylic acids is 2. The van der Waals surface area contributed by atoms with Crippen molar-refractivity contribution in [3.63, 3.8) is 0 Å². The molecule has 7 heteroatoms. The molecular formula is C17H27ClN2O4. The van der Waals surface area contributed by atoms with Crippen LogP contribution in [0.1, 0.15) is 38.5 Å². The number of halogens is 1. The van der Waals surface area contributed by atoms with E-state index in [0.29, 0.717) is 30.8 Å². The predicted octanol–water partition coefficient (Wildman–Crippen LogP) is 1.95. The van der Waals surface area contributed by atoms with Crippen molar-refractivity contribution in [3.8, 4) is 0 Å². The highest BCUT2D eigenvalue weighted by Gasteiger charge is 2.60. The van der Waals surface area contributed by atoms with Crippen molar-refractivity contribution in [1.29, 1.82) is 0 Å². The molecule has 4 bridgehead atoms. The first-order chi connectivity index (χ1) is 11.0. The van der Waals surface area contributed by atoms with Gasteiger partial charge in [0.1, 0.15) is 6.10 Å². The number of esters is 1. The van der Waals surface area contributed by atoms with Crippen molar-refractivity contribution >= 4 is 24.5 Å². The lowest BCUT2D eigenvalue weighted by molar-refractivity contribution is -0.182. The maximum absolute atomic E-state index is 12.4. The molecule has 1 aliphatic heterocycles. The molecule has 0 spiro atoms. The number of nitrogens with two attached hydrogens (primary N) is 1. The lowest BCUT2D eigenvalue weighted by atomic mass is 9.48. The molecule has 2 N–H and O–H groups in total. The Morgan fingerprint density at radius 1 is 1.17 bits per heavy atom. The molecule has 5 aliphatic rings. The van der Waals surface area contributed by atoms with Crippen LogP contribution in [0.25, 0.3) is 0 Å². The monoisotopic (exact) mass is 358 g/mol. The maximum atomic E-state index is 12.4. The van der Waals surface area contributed by atoms with Crippen molar-refractivity contribution in [3.05, 3.63) is 0 Å². The fourth-order valence-electron chi connectivity index (χ4n) is 5.78. The van der Waals surface area contributed by atoms with E-state index in [1.54, 1.807) is 4.90 Å². The van der Waals surface area contributed by atoms with Crippen LogP contribution in [0.5, 0.6) is 0 Å². The van der Waals surface area contributed by atoms with Gasteiger partial charge >= 0.3 is 12.1 Å². The fraction of sp³-hybridized carbons (Fsp3) is 0.882. The number of hydrogen-bond acceptors (Lipinski definition) is 5. The Bertz CT molecular complexity index is 513. The molecule has 0 aromatic carbocycles. The summed E-state index contributed by atoms with van der Waals surface area (Å²) in [5, 5.41) is 0. The number of likely N-dealkylation sites (tertiary alicyclic amines) is 1. The number of hydrogen-bond donors (Lipinski definition) is 1. The number of rotatable bonds is 2. The van der Waals surface area contributed by atoms with E-state index in [2.05, 4.69) is 0 Å². The Morgan fingerprint density at radius 3 is 2.38 bits per heavy atom. The quantitative estimate of drug-likeness (QED) is 0.763. The molecule has 6 nitrogen and oxygen atoms in total. The van der Waals surface area contributed by atoms with Crippen LogP contribution in [0.4, 0.5) is 4.79 Å². The van der Waals surface area contributed by atoms with Crippen LogP contribution in [-0.2, 0) is 14.3 Å². The van der Waals surface area contributed by atoms with Crippen LogP contribution < -0.4 is 5.73 Å². The molecule has 136 valence electrons. The largest absolute Gasteiger partial charge is 0.469 e. The molecule has 0 radical (unpaired) electrons. The van der Waals surface area contributed by atoms with E-state index in [0.717, 1.165) is 38.5 Å². The van der Waals surface area contributed by atoms with Crippen molar-refractivity contribution < 1.29 is 19.1 Å². The summed E-state index contributed by atoms with van der Waals surface area (Å²) in [6.07, 6.45) is 5.32. The molecule has 5 fully saturated rings. The molecule has 1 amide bonds. The van der Waals surface area contributed by atoms with Crippen LogP contribution in [0.15, 0.2) is 0 Å². The highest BCUT2D eigenvalue weighted by Crippen LogP contribution is 2.61. The summed E-state index contributed by atoms with van der Waals surface area (Å²) in [6, 6.07) is 0.0728. The van der Waals surface area contributed by atoms with Crippen molar-refractivity contribution in [2.45, 2.75) is 50.7 Å². The number of amides is 1. The van der Waals surface area contributed by atoms with Gasteiger partial charge in [-0.3, -0.25) is 4.79 Å². The van der Waals surface area contributed by atoms with E-state index in [1.807, 2.05) is 0 Å². The van der Waals surface area contributed by atoms with Crippen LogP contribution in [0.3, 0.4) is 0 Å². The number of ether oxygens (including phenoxy) is 2. The Kier molecular flexibility index (Phi) is 4.73. The van der Waals surface area contributed by atoms with E-state index in [9.17, 15) is 9.59 Å². The summed E-state index contributed by atoms with van der Waals surface area (Å²) in [5.41, 5.74) is 5.56. The van der Waals surface area contributed by atoms with E-state index < -0.39 is 0 Å². The van der Waals surface area contributed by atoms with Gasteiger partial charge in [-0.15, -0.1) is 12.4 Å². The molecule has 4 saturated carbocycles. The second-order valence-corrected chi connectivity index (χ2v) is 8.09. The maximum Gasteiger partial charge on any atom is 0.410 e. The van der Waals surface area contributed by atoms with Gasteiger partial charge in [0.15, 0.2) is 0 Å². The molecule has 1 heterocycles. The van der Waals surface area contributed by atoms with E-state index >= 15 is 0 Å². The van der Waals surface area contributed by atoms with Gasteiger partial charge in [-0.1, -0.05) is 0 Å². The van der Waals surface area contributed by atoms with Gasteiger partial charge in [0.05, 0.1) is 12.5 Å². The van der Waals surface area contributed by atoms with Gasteiger partial charge in [0, 0.05) is 19.1 Å². The summed E-state index contributed by atoms with van der Waals surface area (Å²) in [7, 11) is 1.48. The van der Waals surface area contributed by atoms with E-state index in [1.165, 1.54) is 7.11 Å². The predicted molar refractivity (Wildman–Crippen MR) is 89.7 cm³/mol. The van der Waals surface area contributed by atoms with Gasteiger partial charge in [0.2, 0.25) is 0 Å². The molecule has 1 saturated heterocycles. The lowest BCUT2D eigenvalue weighted by Gasteiger charge is -2.57. The first kappa shape index (κ1) is 17.8. The van der Waals surface area contributed by atoms with E-state index in [-0.39, 0.29) is 42.0 Å². The Hall–Kier alpha value is -1.01. The zero-order valence-electron chi connectivity index (χ0n) is 14.1. The standard InChI is InChI=1S/C17H26N2O4.ClH/c1-22-15(20)17-6-10-4-11(7-17)14(12(5-10)8-17)23-16(21)19-3-2-13(18)9-19;/h10-14H,2-9,18H2,1H3;1H. The molecule has 3 atom stereocenters. The van der Waals surface area contributed by atoms with Crippen LogP contribution in [-0.4, -0.2) is 49.3 Å². The van der Waals surface area contributed by atoms with Crippen LogP contribution in [0.2, 0.25) is 0 Å². The van der Waals surface area contributed by atoms with Gasteiger partial charge in [-0.25, -0.2) is 4.79 Å². The number of methoxy groups -OCH3 is 1. The minimum atomic E-state index is -0.315. The minimum Gasteiger partial charge on any atom is -0.469 e. The molecule has 0 aromatic rings. The number of nitrogens with zero attached hydrogens (tertiary/aromatic N) is 1. The summed E-state index contributed by atoms with van der Waals surface area (Å²) >= 11 is 0. The highest BCUT2D eigenvalue weighted by molar-refractivity contribution is 5.85. The second kappa shape index (κ2) is 6.37. The smallest absolute Gasteiger partial charge is 0.410 e. The van der Waals surface area contributed by atoms with Crippen LogP contribution in [0, 0.1) is 23.2 Å². The normalized spacial score (nSPS) is 42.6. The zero-order valence-corrected chi connectivity index (χ0v) is 14.9. The third-order valence-electron chi connectivity index (χ3n) is 6.52. The third kappa shape index (κ3) is 2.77. The molecular weight excluding hydrogens is 332 g/mol. The Labute approximate surface area is 148 Å². The first-order valence-corrected chi connectivity index (χ1v) is 8.80. The average molecular weight is 359 g/mol. The van der Waals surface area contributed by atoms with Crippen molar-refractivity contribution in [1.82, 2.24) is 4.90 Å².